The largest absolute Gasteiger partial charge is 0.507 e. The smallest absolute Gasteiger partial charge is 0.341 e. The lowest BCUT2D eigenvalue weighted by atomic mass is 9.95. The van der Waals surface area contributed by atoms with Gasteiger partial charge in [-0.2, -0.15) is 5.26 Å². The molecule has 1 aliphatic rings. The molecule has 0 atom stereocenters. The van der Waals surface area contributed by atoms with Crippen molar-refractivity contribution in [3.63, 3.8) is 0 Å². The number of rotatable bonds is 6. The van der Waals surface area contributed by atoms with Gasteiger partial charge in [0, 0.05) is 22.6 Å². The highest BCUT2D eigenvalue weighted by atomic mass is 32.1. The van der Waals surface area contributed by atoms with Crippen LogP contribution in [0, 0.1) is 21.4 Å². The number of amides is 1. The average molecular weight is 441 g/mol. The molecule has 0 spiro atoms. The number of benzene rings is 1. The number of hydrogen-bond acceptors (Lipinski definition) is 8. The monoisotopic (exact) mass is 441 g/mol. The van der Waals surface area contributed by atoms with Crippen molar-refractivity contribution in [2.24, 2.45) is 0 Å². The van der Waals surface area contributed by atoms with Gasteiger partial charge in [0.25, 0.3) is 11.6 Å². The lowest BCUT2D eigenvalue weighted by molar-refractivity contribution is -0.384. The van der Waals surface area contributed by atoms with Crippen molar-refractivity contribution in [1.29, 1.82) is 5.26 Å². The van der Waals surface area contributed by atoms with Crippen molar-refractivity contribution in [2.75, 3.05) is 11.9 Å². The van der Waals surface area contributed by atoms with Crippen LogP contribution in [0.1, 0.15) is 46.1 Å². The van der Waals surface area contributed by atoms with Gasteiger partial charge in [-0.05, 0) is 50.3 Å². The van der Waals surface area contributed by atoms with Gasteiger partial charge in [0.1, 0.15) is 22.4 Å². The van der Waals surface area contributed by atoms with E-state index in [1.807, 2.05) is 0 Å². The lowest BCUT2D eigenvalue weighted by Crippen LogP contribution is -2.16. The number of phenols is 1. The van der Waals surface area contributed by atoms with Crippen LogP contribution in [0.25, 0.3) is 6.08 Å². The number of esters is 1. The number of carbonyl (C=O) groups is 2. The van der Waals surface area contributed by atoms with E-state index in [1.54, 1.807) is 13.0 Å². The van der Waals surface area contributed by atoms with Gasteiger partial charge in [-0.25, -0.2) is 4.79 Å². The number of nitro groups is 1. The molecule has 1 aromatic heterocycles. The molecule has 3 rings (SSSR count). The zero-order chi connectivity index (χ0) is 22.5. The highest BCUT2D eigenvalue weighted by Gasteiger charge is 2.28. The highest BCUT2D eigenvalue weighted by Crippen LogP contribution is 2.39. The Hall–Kier alpha value is -3.71. The number of aromatic hydroxyl groups is 1. The van der Waals surface area contributed by atoms with Crippen molar-refractivity contribution in [3.05, 3.63) is 55.5 Å². The molecule has 0 saturated heterocycles. The molecule has 2 N–H and O–H groups in total. The number of fused-ring (bicyclic) bond motifs is 1. The first-order valence-corrected chi connectivity index (χ1v) is 10.4. The minimum Gasteiger partial charge on any atom is -0.507 e. The van der Waals surface area contributed by atoms with Crippen LogP contribution in [-0.4, -0.2) is 28.5 Å². The minimum atomic E-state index is -0.794. The van der Waals surface area contributed by atoms with Crippen LogP contribution in [0.4, 0.5) is 10.7 Å². The maximum absolute atomic E-state index is 12.8. The van der Waals surface area contributed by atoms with Crippen molar-refractivity contribution < 1.29 is 24.4 Å². The molecule has 0 radical (unpaired) electrons. The van der Waals surface area contributed by atoms with E-state index in [2.05, 4.69) is 5.32 Å². The first kappa shape index (κ1) is 22.0. The van der Waals surface area contributed by atoms with E-state index in [0.29, 0.717) is 17.0 Å². The van der Waals surface area contributed by atoms with E-state index in [4.69, 9.17) is 4.74 Å². The van der Waals surface area contributed by atoms with Crippen molar-refractivity contribution in [1.82, 2.24) is 0 Å². The van der Waals surface area contributed by atoms with Gasteiger partial charge >= 0.3 is 5.97 Å². The summed E-state index contributed by atoms with van der Waals surface area (Å²) in [5.74, 6) is -1.64. The van der Waals surface area contributed by atoms with Gasteiger partial charge in [-0.3, -0.25) is 14.9 Å². The number of carbonyl (C=O) groups excluding carboxylic acids is 2. The van der Waals surface area contributed by atoms with Crippen LogP contribution in [0.5, 0.6) is 5.75 Å². The van der Waals surface area contributed by atoms with Crippen molar-refractivity contribution in [3.8, 4) is 11.8 Å². The van der Waals surface area contributed by atoms with Crippen LogP contribution >= 0.6 is 11.3 Å². The van der Waals surface area contributed by atoms with Crippen LogP contribution < -0.4 is 5.32 Å². The third kappa shape index (κ3) is 4.73. The zero-order valence-corrected chi connectivity index (χ0v) is 17.5. The molecule has 31 heavy (non-hydrogen) atoms. The SMILES string of the molecule is CCOC(=O)c1c(NC(=O)C(C#N)=Cc2cc([N+](=O)[O-])ccc2O)sc2c1CCCC2. The molecule has 2 aromatic rings. The number of anilines is 1. The molecule has 1 aliphatic carbocycles. The van der Waals surface area contributed by atoms with Gasteiger partial charge in [-0.1, -0.05) is 0 Å². The van der Waals surface area contributed by atoms with Crippen molar-refractivity contribution in [2.45, 2.75) is 32.6 Å². The molecule has 160 valence electrons. The summed E-state index contributed by atoms with van der Waals surface area (Å²) in [7, 11) is 0. The molecule has 1 aromatic carbocycles. The molecular weight excluding hydrogens is 422 g/mol. The molecule has 9 nitrogen and oxygen atoms in total. The van der Waals surface area contributed by atoms with E-state index in [0.717, 1.165) is 54.0 Å². The van der Waals surface area contributed by atoms with E-state index >= 15 is 0 Å². The fraction of sp³-hybridized carbons (Fsp3) is 0.286. The minimum absolute atomic E-state index is 0.0445. The molecule has 0 saturated carbocycles. The molecule has 0 bridgehead atoms. The lowest BCUT2D eigenvalue weighted by Gasteiger charge is -2.12. The number of hydrogen-bond donors (Lipinski definition) is 2. The normalized spacial score (nSPS) is 13.1. The molecule has 10 heteroatoms. The third-order valence-electron chi connectivity index (χ3n) is 4.76. The average Bonchev–Trinajstić information content (AvgIpc) is 3.10. The number of nitriles is 1. The summed E-state index contributed by atoms with van der Waals surface area (Å²) in [5, 5.41) is 33.3. The molecule has 0 aliphatic heterocycles. The van der Waals surface area contributed by atoms with Gasteiger partial charge in [0.2, 0.25) is 0 Å². The van der Waals surface area contributed by atoms with Crippen molar-refractivity contribution >= 4 is 40.0 Å². The summed E-state index contributed by atoms with van der Waals surface area (Å²) in [4.78, 5) is 36.6. The summed E-state index contributed by atoms with van der Waals surface area (Å²) in [5.41, 5.74) is 0.459. The quantitative estimate of drug-likeness (QED) is 0.227. The maximum Gasteiger partial charge on any atom is 0.341 e. The Balaban J connectivity index is 1.95. The highest BCUT2D eigenvalue weighted by molar-refractivity contribution is 7.17. The van der Waals surface area contributed by atoms with Gasteiger partial charge in [-0.15, -0.1) is 11.3 Å². The van der Waals surface area contributed by atoms with Crippen LogP contribution in [0.15, 0.2) is 23.8 Å². The Morgan fingerprint density at radius 2 is 2.13 bits per heavy atom. The first-order valence-electron chi connectivity index (χ1n) is 9.57. The number of non-ortho nitro benzene ring substituents is 1. The molecule has 1 heterocycles. The van der Waals surface area contributed by atoms with Gasteiger partial charge < -0.3 is 15.2 Å². The Labute approximate surface area is 181 Å². The van der Waals surface area contributed by atoms with E-state index in [1.165, 1.54) is 11.3 Å². The predicted molar refractivity (Wildman–Crippen MR) is 114 cm³/mol. The number of nitrogens with zero attached hydrogens (tertiary/aromatic N) is 2. The number of ether oxygens (including phenoxy) is 1. The van der Waals surface area contributed by atoms with Crippen LogP contribution in [0.2, 0.25) is 0 Å². The second-order valence-corrected chi connectivity index (χ2v) is 7.86. The van der Waals surface area contributed by atoms with Crippen LogP contribution in [0.3, 0.4) is 0 Å². The number of phenolic OH excluding ortho intramolecular Hbond substituents is 1. The number of thiophene rings is 1. The molecular formula is C21H19N3O6S. The molecule has 0 unspecified atom stereocenters. The standard InChI is InChI=1S/C21H19N3O6S/c1-2-30-21(27)18-15-5-3-4-6-17(15)31-20(18)23-19(26)13(11-22)9-12-10-14(24(28)29)7-8-16(12)25/h7-10,25H,2-6H2,1H3,(H,23,26). The predicted octanol–water partition coefficient (Wildman–Crippen LogP) is 3.96. The topological polar surface area (TPSA) is 143 Å². The second kappa shape index (κ2) is 9.40. The number of nitro benzene ring substituents is 1. The van der Waals surface area contributed by atoms with E-state index < -0.39 is 16.8 Å². The third-order valence-corrected chi connectivity index (χ3v) is 5.97. The fourth-order valence-corrected chi connectivity index (χ4v) is 4.59. The first-order chi connectivity index (χ1) is 14.8. The summed E-state index contributed by atoms with van der Waals surface area (Å²) < 4.78 is 5.15. The van der Waals surface area contributed by atoms with Gasteiger partial charge in [0.15, 0.2) is 0 Å². The fourth-order valence-electron chi connectivity index (χ4n) is 3.32. The second-order valence-electron chi connectivity index (χ2n) is 6.76. The number of nitrogens with one attached hydrogen (secondary N) is 1. The summed E-state index contributed by atoms with van der Waals surface area (Å²) in [6, 6.07) is 5.03. The Morgan fingerprint density at radius 1 is 1.39 bits per heavy atom. The van der Waals surface area contributed by atoms with Crippen LogP contribution in [-0.2, 0) is 22.4 Å². The Kier molecular flexibility index (Phi) is 6.67. The van der Waals surface area contributed by atoms with E-state index in [-0.39, 0.29) is 29.2 Å². The van der Waals surface area contributed by atoms with Gasteiger partial charge in [0.05, 0.1) is 17.1 Å². The Morgan fingerprint density at radius 3 is 2.81 bits per heavy atom. The maximum atomic E-state index is 12.8. The van der Waals surface area contributed by atoms with E-state index in [9.17, 15) is 30.1 Å². The number of aryl methyl sites for hydroxylation is 1. The summed E-state index contributed by atoms with van der Waals surface area (Å²) in [6.45, 7) is 1.88. The molecule has 1 amide bonds. The zero-order valence-electron chi connectivity index (χ0n) is 16.6. The summed E-state index contributed by atoms with van der Waals surface area (Å²) >= 11 is 1.28. The molecule has 0 fully saturated rings. The Bertz CT molecular complexity index is 1130. The summed E-state index contributed by atoms with van der Waals surface area (Å²) in [6.07, 6.45) is 4.48.